The lowest BCUT2D eigenvalue weighted by atomic mass is 10.3. The van der Waals surface area contributed by atoms with Gasteiger partial charge in [-0.2, -0.15) is 4.98 Å². The summed E-state index contributed by atoms with van der Waals surface area (Å²) >= 11 is 0. The number of aryl methyl sites for hydroxylation is 2. The van der Waals surface area contributed by atoms with E-state index in [1.807, 2.05) is 4.57 Å². The van der Waals surface area contributed by atoms with Gasteiger partial charge in [0.05, 0.1) is 0 Å². The van der Waals surface area contributed by atoms with Crippen molar-refractivity contribution in [2.45, 2.75) is 26.3 Å². The van der Waals surface area contributed by atoms with E-state index in [9.17, 15) is 9.59 Å². The van der Waals surface area contributed by atoms with Gasteiger partial charge in [0.2, 0.25) is 5.95 Å². The Morgan fingerprint density at radius 1 is 1.45 bits per heavy atom. The Morgan fingerprint density at radius 2 is 2.20 bits per heavy atom. The molecule has 2 aromatic rings. The van der Waals surface area contributed by atoms with Crippen LogP contribution in [0.2, 0.25) is 0 Å². The number of nitrogens with one attached hydrogen (secondary N) is 2. The molecule has 2 N–H and O–H groups in total. The first-order valence-electron chi connectivity index (χ1n) is 6.64. The van der Waals surface area contributed by atoms with Crippen LogP contribution in [0.1, 0.15) is 19.8 Å². The van der Waals surface area contributed by atoms with Crippen LogP contribution >= 0.6 is 0 Å². The van der Waals surface area contributed by atoms with E-state index < -0.39 is 11.2 Å². The lowest BCUT2D eigenvalue weighted by Gasteiger charge is -2.08. The maximum Gasteiger partial charge on any atom is 0.329 e. The molecule has 0 aromatic carbocycles. The molecule has 0 fully saturated rings. The number of nitrogens with zero attached hydrogens (tertiary/aromatic N) is 3. The van der Waals surface area contributed by atoms with Crippen molar-refractivity contribution in [3.05, 3.63) is 33.5 Å². The van der Waals surface area contributed by atoms with E-state index in [1.54, 1.807) is 13.1 Å². The Hall–Kier alpha value is -2.31. The number of fused-ring (bicyclic) bond motifs is 1. The Kier molecular flexibility index (Phi) is 4.07. The standard InChI is InChI=1S/C13H19N5O2/c1-4-6-8-18-9-10(15-12(18)14-7-5-2)17(3)13(20)16-11(9)19/h5H,2,4,6-8H2,1,3H3,(H,14,15)(H,16,19,20). The van der Waals surface area contributed by atoms with Gasteiger partial charge in [-0.1, -0.05) is 19.4 Å². The van der Waals surface area contributed by atoms with Crippen LogP contribution in [0.5, 0.6) is 0 Å². The second-order valence-electron chi connectivity index (χ2n) is 4.60. The molecule has 2 heterocycles. The number of aromatic amines is 1. The van der Waals surface area contributed by atoms with Crippen LogP contribution in [0.25, 0.3) is 11.2 Å². The quantitative estimate of drug-likeness (QED) is 0.766. The number of aromatic nitrogens is 4. The van der Waals surface area contributed by atoms with Crippen molar-refractivity contribution in [2.75, 3.05) is 11.9 Å². The van der Waals surface area contributed by atoms with E-state index in [0.717, 1.165) is 12.8 Å². The van der Waals surface area contributed by atoms with Crippen LogP contribution in [0.4, 0.5) is 5.95 Å². The molecule has 2 rings (SSSR count). The molecule has 0 spiro atoms. The zero-order valence-electron chi connectivity index (χ0n) is 11.8. The average molecular weight is 277 g/mol. The smallest absolute Gasteiger partial charge is 0.329 e. The van der Waals surface area contributed by atoms with Crippen molar-refractivity contribution in [1.29, 1.82) is 0 Å². The number of anilines is 1. The fraction of sp³-hybridized carbons (Fsp3) is 0.462. The van der Waals surface area contributed by atoms with Crippen LogP contribution < -0.4 is 16.6 Å². The van der Waals surface area contributed by atoms with Crippen molar-refractivity contribution in [3.63, 3.8) is 0 Å². The van der Waals surface area contributed by atoms with E-state index in [2.05, 4.69) is 28.8 Å². The van der Waals surface area contributed by atoms with Crippen molar-refractivity contribution in [1.82, 2.24) is 19.1 Å². The molecule has 0 saturated carbocycles. The fourth-order valence-corrected chi connectivity index (χ4v) is 2.07. The molecule has 0 aliphatic carbocycles. The third-order valence-corrected chi connectivity index (χ3v) is 3.15. The largest absolute Gasteiger partial charge is 0.352 e. The van der Waals surface area contributed by atoms with Gasteiger partial charge in [0, 0.05) is 20.1 Å². The lowest BCUT2D eigenvalue weighted by Crippen LogP contribution is -2.29. The van der Waals surface area contributed by atoms with E-state index in [0.29, 0.717) is 30.2 Å². The SMILES string of the molecule is C=CCNc1nc2c(c(=O)[nH]c(=O)n2C)n1CCCC. The number of imidazole rings is 1. The second kappa shape index (κ2) is 5.77. The summed E-state index contributed by atoms with van der Waals surface area (Å²) in [6.07, 6.45) is 3.65. The van der Waals surface area contributed by atoms with Crippen molar-refractivity contribution in [2.24, 2.45) is 7.05 Å². The molecule has 0 atom stereocenters. The summed E-state index contributed by atoms with van der Waals surface area (Å²) in [7, 11) is 1.59. The molecular weight excluding hydrogens is 258 g/mol. The minimum Gasteiger partial charge on any atom is -0.352 e. The highest BCUT2D eigenvalue weighted by molar-refractivity contribution is 5.74. The van der Waals surface area contributed by atoms with Crippen molar-refractivity contribution in [3.8, 4) is 0 Å². The normalized spacial score (nSPS) is 10.9. The van der Waals surface area contributed by atoms with E-state index >= 15 is 0 Å². The number of hydrogen-bond acceptors (Lipinski definition) is 4. The van der Waals surface area contributed by atoms with Gasteiger partial charge in [0.15, 0.2) is 11.2 Å². The Morgan fingerprint density at radius 3 is 2.85 bits per heavy atom. The van der Waals surface area contributed by atoms with E-state index in [1.165, 1.54) is 4.57 Å². The van der Waals surface area contributed by atoms with Gasteiger partial charge in [-0.05, 0) is 6.42 Å². The molecule has 0 aliphatic rings. The predicted octanol–water partition coefficient (Wildman–Crippen LogP) is 0.821. The molecule has 0 amide bonds. The minimum atomic E-state index is -0.460. The van der Waals surface area contributed by atoms with Gasteiger partial charge in [0.25, 0.3) is 5.56 Å². The zero-order valence-corrected chi connectivity index (χ0v) is 11.8. The molecule has 108 valence electrons. The minimum absolute atomic E-state index is 0.390. The third kappa shape index (κ3) is 2.38. The van der Waals surface area contributed by atoms with Crippen LogP contribution in [-0.4, -0.2) is 25.6 Å². The Labute approximate surface area is 116 Å². The number of rotatable bonds is 6. The highest BCUT2D eigenvalue weighted by atomic mass is 16.2. The Balaban J connectivity index is 2.68. The molecule has 7 heteroatoms. The molecule has 0 radical (unpaired) electrons. The van der Waals surface area contributed by atoms with Crippen LogP contribution in [-0.2, 0) is 13.6 Å². The third-order valence-electron chi connectivity index (χ3n) is 3.15. The summed E-state index contributed by atoms with van der Waals surface area (Å²) in [5, 5.41) is 3.10. The number of unbranched alkanes of at least 4 members (excludes halogenated alkanes) is 1. The van der Waals surface area contributed by atoms with Crippen LogP contribution in [0, 0.1) is 0 Å². The molecule has 0 bridgehead atoms. The number of H-pyrrole nitrogens is 1. The molecule has 2 aromatic heterocycles. The molecule has 0 aliphatic heterocycles. The molecule has 0 saturated heterocycles. The van der Waals surface area contributed by atoms with Gasteiger partial charge >= 0.3 is 5.69 Å². The molecular formula is C13H19N5O2. The van der Waals surface area contributed by atoms with Gasteiger partial charge in [-0.3, -0.25) is 14.3 Å². The topological polar surface area (TPSA) is 84.7 Å². The summed E-state index contributed by atoms with van der Waals surface area (Å²) in [4.78, 5) is 30.4. The van der Waals surface area contributed by atoms with Gasteiger partial charge in [0.1, 0.15) is 0 Å². The van der Waals surface area contributed by atoms with Crippen LogP contribution in [0.3, 0.4) is 0 Å². The summed E-state index contributed by atoms with van der Waals surface area (Å²) in [6, 6.07) is 0. The summed E-state index contributed by atoms with van der Waals surface area (Å²) in [5.41, 5.74) is -0.0511. The second-order valence-corrected chi connectivity index (χ2v) is 4.60. The monoisotopic (exact) mass is 277 g/mol. The van der Waals surface area contributed by atoms with Gasteiger partial charge < -0.3 is 9.88 Å². The van der Waals surface area contributed by atoms with E-state index in [4.69, 9.17) is 0 Å². The fourth-order valence-electron chi connectivity index (χ4n) is 2.07. The van der Waals surface area contributed by atoms with Gasteiger partial charge in [-0.25, -0.2) is 4.79 Å². The lowest BCUT2D eigenvalue weighted by molar-refractivity contribution is 0.648. The first kappa shape index (κ1) is 14.1. The highest BCUT2D eigenvalue weighted by Crippen LogP contribution is 2.16. The van der Waals surface area contributed by atoms with Crippen LogP contribution in [0.15, 0.2) is 22.2 Å². The maximum absolute atomic E-state index is 12.0. The van der Waals surface area contributed by atoms with Crippen molar-refractivity contribution < 1.29 is 0 Å². The molecule has 7 nitrogen and oxygen atoms in total. The van der Waals surface area contributed by atoms with Crippen molar-refractivity contribution >= 4 is 17.1 Å². The summed E-state index contributed by atoms with van der Waals surface area (Å²) in [5.74, 6) is 0.583. The summed E-state index contributed by atoms with van der Waals surface area (Å²) < 4.78 is 3.17. The predicted molar refractivity (Wildman–Crippen MR) is 79.2 cm³/mol. The Bertz CT molecular complexity index is 738. The zero-order chi connectivity index (χ0) is 14.7. The average Bonchev–Trinajstić information content (AvgIpc) is 2.79. The summed E-state index contributed by atoms with van der Waals surface area (Å²) in [6.45, 7) is 6.94. The highest BCUT2D eigenvalue weighted by Gasteiger charge is 2.16. The molecule has 0 unspecified atom stereocenters. The number of hydrogen-bond donors (Lipinski definition) is 2. The van der Waals surface area contributed by atoms with Gasteiger partial charge in [-0.15, -0.1) is 6.58 Å². The first-order chi connectivity index (χ1) is 9.60. The van der Waals surface area contributed by atoms with E-state index in [-0.39, 0.29) is 0 Å². The maximum atomic E-state index is 12.0. The first-order valence-corrected chi connectivity index (χ1v) is 6.64. The molecule has 20 heavy (non-hydrogen) atoms.